The summed E-state index contributed by atoms with van der Waals surface area (Å²) >= 11 is 13.3. The smallest absolute Gasteiger partial charge is 0.249 e. The topological polar surface area (TPSA) is 92.3 Å². The average molecular weight is 471 g/mol. The van der Waals surface area contributed by atoms with Crippen molar-refractivity contribution in [3.8, 4) is 10.6 Å². The number of nitrogens with one attached hydrogen (secondary N) is 1. The quantitative estimate of drug-likeness (QED) is 0.579. The lowest BCUT2D eigenvalue weighted by atomic mass is 10.2. The molecule has 1 heterocycles. The van der Waals surface area contributed by atoms with Crippen LogP contribution in [0.5, 0.6) is 0 Å². The Balaban J connectivity index is 1.85. The van der Waals surface area contributed by atoms with Gasteiger partial charge in [-0.05, 0) is 25.1 Å². The van der Waals surface area contributed by atoms with Crippen molar-refractivity contribution in [1.29, 1.82) is 0 Å². The van der Waals surface area contributed by atoms with Crippen LogP contribution in [0.15, 0.2) is 48.5 Å². The van der Waals surface area contributed by atoms with Crippen LogP contribution in [0.1, 0.15) is 6.92 Å². The number of hydrogen-bond acceptors (Lipinski definition) is 6. The molecule has 3 aromatic rings. The molecule has 0 saturated heterocycles. The van der Waals surface area contributed by atoms with E-state index in [1.165, 1.54) is 36.5 Å². The highest BCUT2D eigenvalue weighted by Gasteiger charge is 2.31. The summed E-state index contributed by atoms with van der Waals surface area (Å²) < 4.78 is 25.7. The van der Waals surface area contributed by atoms with Gasteiger partial charge in [-0.15, -0.1) is 10.2 Å². The molecule has 1 aromatic heterocycles. The van der Waals surface area contributed by atoms with Crippen LogP contribution in [-0.2, 0) is 14.8 Å². The van der Waals surface area contributed by atoms with Gasteiger partial charge in [0.25, 0.3) is 0 Å². The van der Waals surface area contributed by atoms with E-state index in [9.17, 15) is 13.2 Å². The predicted octanol–water partition coefficient (Wildman–Crippen LogP) is 4.31. The van der Waals surface area contributed by atoms with Crippen LogP contribution < -0.4 is 9.62 Å². The molecule has 1 atom stereocenters. The minimum atomic E-state index is -3.83. The Morgan fingerprint density at radius 2 is 1.83 bits per heavy atom. The Hall–Kier alpha value is -2.20. The van der Waals surface area contributed by atoms with Gasteiger partial charge in [0.2, 0.25) is 21.1 Å². The minimum absolute atomic E-state index is 0.117. The standard InChI is InChI=1S/C18H16Cl2N4O3S2/c1-11(24(29(2,26)27)15-10-13(19)8-9-14(15)20)16(25)21-18-23-22-17(28-18)12-6-4-3-5-7-12/h3-11H,1-2H3,(H,21,23,25)/t11-/m1/s1. The van der Waals surface area contributed by atoms with Crippen LogP contribution in [0.3, 0.4) is 0 Å². The summed E-state index contributed by atoms with van der Waals surface area (Å²) in [5.74, 6) is -0.581. The molecule has 0 aliphatic heterocycles. The zero-order valence-electron chi connectivity index (χ0n) is 15.3. The lowest BCUT2D eigenvalue weighted by Crippen LogP contribution is -2.45. The van der Waals surface area contributed by atoms with Crippen molar-refractivity contribution in [1.82, 2.24) is 10.2 Å². The molecule has 3 rings (SSSR count). The average Bonchev–Trinajstić information content (AvgIpc) is 3.12. The van der Waals surface area contributed by atoms with Gasteiger partial charge < -0.3 is 0 Å². The van der Waals surface area contributed by atoms with Crippen molar-refractivity contribution in [3.05, 3.63) is 58.6 Å². The first-order chi connectivity index (χ1) is 13.7. The molecule has 0 saturated carbocycles. The first kappa shape index (κ1) is 21.5. The summed E-state index contributed by atoms with van der Waals surface area (Å²) in [7, 11) is -3.83. The summed E-state index contributed by atoms with van der Waals surface area (Å²) in [4.78, 5) is 12.8. The summed E-state index contributed by atoms with van der Waals surface area (Å²) in [5.41, 5.74) is 0.980. The largest absolute Gasteiger partial charge is 0.299 e. The number of amides is 1. The third-order valence-corrected chi connectivity index (χ3v) is 6.58. The zero-order valence-corrected chi connectivity index (χ0v) is 18.5. The summed E-state index contributed by atoms with van der Waals surface area (Å²) in [5, 5.41) is 12.0. The highest BCUT2D eigenvalue weighted by Crippen LogP contribution is 2.33. The lowest BCUT2D eigenvalue weighted by molar-refractivity contribution is -0.116. The molecule has 11 heteroatoms. The van der Waals surface area contributed by atoms with Gasteiger partial charge in [-0.25, -0.2) is 8.42 Å². The van der Waals surface area contributed by atoms with Gasteiger partial charge in [-0.1, -0.05) is 64.9 Å². The summed E-state index contributed by atoms with van der Waals surface area (Å²) in [6.07, 6.45) is 0.993. The van der Waals surface area contributed by atoms with E-state index in [0.717, 1.165) is 16.1 Å². The highest BCUT2D eigenvalue weighted by atomic mass is 35.5. The van der Waals surface area contributed by atoms with E-state index in [0.29, 0.717) is 10.0 Å². The molecule has 0 fully saturated rings. The van der Waals surface area contributed by atoms with E-state index in [1.54, 1.807) is 0 Å². The number of hydrogen-bond donors (Lipinski definition) is 1. The van der Waals surface area contributed by atoms with Crippen LogP contribution >= 0.6 is 34.5 Å². The Bertz CT molecular complexity index is 1140. The third kappa shape index (κ3) is 5.05. The second-order valence-electron chi connectivity index (χ2n) is 6.10. The van der Waals surface area contributed by atoms with Crippen molar-refractivity contribution in [2.45, 2.75) is 13.0 Å². The molecule has 0 unspecified atom stereocenters. The van der Waals surface area contributed by atoms with E-state index in [1.807, 2.05) is 30.3 Å². The van der Waals surface area contributed by atoms with E-state index in [2.05, 4.69) is 15.5 Å². The molecule has 0 spiro atoms. The fourth-order valence-electron chi connectivity index (χ4n) is 2.62. The van der Waals surface area contributed by atoms with Gasteiger partial charge in [-0.3, -0.25) is 14.4 Å². The molecule has 0 bridgehead atoms. The van der Waals surface area contributed by atoms with Crippen LogP contribution in [0, 0.1) is 0 Å². The highest BCUT2D eigenvalue weighted by molar-refractivity contribution is 7.92. The molecule has 1 amide bonds. The number of sulfonamides is 1. The van der Waals surface area contributed by atoms with Crippen LogP contribution in [0.25, 0.3) is 10.6 Å². The lowest BCUT2D eigenvalue weighted by Gasteiger charge is -2.28. The van der Waals surface area contributed by atoms with Gasteiger partial charge in [0.15, 0.2) is 0 Å². The van der Waals surface area contributed by atoms with Crippen LogP contribution in [-0.4, -0.2) is 36.8 Å². The number of carbonyl (C=O) groups excluding carboxylic acids is 1. The van der Waals surface area contributed by atoms with Gasteiger partial charge in [0, 0.05) is 10.6 Å². The van der Waals surface area contributed by atoms with E-state index < -0.39 is 22.0 Å². The molecule has 0 aliphatic carbocycles. The molecular formula is C18H16Cl2N4O3S2. The molecule has 29 heavy (non-hydrogen) atoms. The Morgan fingerprint density at radius 3 is 2.48 bits per heavy atom. The Labute approximate surface area is 182 Å². The molecule has 2 aromatic carbocycles. The second-order valence-corrected chi connectivity index (χ2v) is 9.78. The van der Waals surface area contributed by atoms with Crippen molar-refractivity contribution in [2.24, 2.45) is 0 Å². The molecule has 152 valence electrons. The van der Waals surface area contributed by atoms with E-state index >= 15 is 0 Å². The molecule has 0 aliphatic rings. The Morgan fingerprint density at radius 1 is 1.14 bits per heavy atom. The zero-order chi connectivity index (χ0) is 21.2. The SMILES string of the molecule is C[C@H](C(=O)Nc1nnc(-c2ccccc2)s1)N(c1cc(Cl)ccc1Cl)S(C)(=O)=O. The number of rotatable bonds is 6. The number of aromatic nitrogens is 2. The molecule has 0 radical (unpaired) electrons. The van der Waals surface area contributed by atoms with E-state index in [4.69, 9.17) is 23.2 Å². The normalized spacial score (nSPS) is 12.4. The van der Waals surface area contributed by atoms with Gasteiger partial charge in [-0.2, -0.15) is 0 Å². The number of benzene rings is 2. The first-order valence-corrected chi connectivity index (χ1v) is 11.7. The van der Waals surface area contributed by atoms with Crippen LogP contribution in [0.4, 0.5) is 10.8 Å². The number of halogens is 2. The van der Waals surface area contributed by atoms with Crippen LogP contribution in [0.2, 0.25) is 10.0 Å². The maximum absolute atomic E-state index is 12.8. The summed E-state index contributed by atoms with van der Waals surface area (Å²) in [6, 6.07) is 12.7. The fourth-order valence-corrected chi connectivity index (χ4v) is 4.97. The molecular weight excluding hydrogens is 455 g/mol. The van der Waals surface area contributed by atoms with Crippen molar-refractivity contribution in [3.63, 3.8) is 0 Å². The monoisotopic (exact) mass is 470 g/mol. The van der Waals surface area contributed by atoms with Crippen molar-refractivity contribution >= 4 is 61.3 Å². The van der Waals surface area contributed by atoms with Gasteiger partial charge in [0.1, 0.15) is 11.0 Å². The number of carbonyl (C=O) groups is 1. The van der Waals surface area contributed by atoms with Gasteiger partial charge >= 0.3 is 0 Å². The number of anilines is 2. The minimum Gasteiger partial charge on any atom is -0.299 e. The fraction of sp³-hybridized carbons (Fsp3) is 0.167. The summed E-state index contributed by atoms with van der Waals surface area (Å²) in [6.45, 7) is 1.45. The second kappa shape index (κ2) is 8.66. The first-order valence-electron chi connectivity index (χ1n) is 8.31. The van der Waals surface area contributed by atoms with Gasteiger partial charge in [0.05, 0.1) is 17.0 Å². The maximum Gasteiger partial charge on any atom is 0.249 e. The van der Waals surface area contributed by atoms with E-state index in [-0.39, 0.29) is 15.8 Å². The maximum atomic E-state index is 12.8. The molecule has 1 N–H and O–H groups in total. The number of nitrogens with zero attached hydrogens (tertiary/aromatic N) is 3. The predicted molar refractivity (Wildman–Crippen MR) is 117 cm³/mol. The molecule has 7 nitrogen and oxygen atoms in total. The van der Waals surface area contributed by atoms with Crippen molar-refractivity contribution < 1.29 is 13.2 Å². The third-order valence-electron chi connectivity index (χ3n) is 3.91. The van der Waals surface area contributed by atoms with Crippen molar-refractivity contribution in [2.75, 3.05) is 15.9 Å². The Kier molecular flexibility index (Phi) is 6.42.